The monoisotopic (exact) mass is 364 g/mol. The molecule has 0 saturated carbocycles. The molecule has 0 aromatic heterocycles. The number of nitrogens with one attached hydrogen (secondary N) is 2. The summed E-state index contributed by atoms with van der Waals surface area (Å²) < 4.78 is 27.9. The quantitative estimate of drug-likeness (QED) is 0.874. The Balaban J connectivity index is 1.79. The molecule has 1 aliphatic rings. The highest BCUT2D eigenvalue weighted by atomic mass is 35.5. The lowest BCUT2D eigenvalue weighted by Gasteiger charge is -2.19. The zero-order chi connectivity index (χ0) is 17.3. The summed E-state index contributed by atoms with van der Waals surface area (Å²) in [5, 5.41) is 3.28. The van der Waals surface area contributed by atoms with Crippen molar-refractivity contribution in [2.24, 2.45) is 5.92 Å². The predicted octanol–water partition coefficient (Wildman–Crippen LogP) is 3.37. The van der Waals surface area contributed by atoms with Gasteiger partial charge in [0.2, 0.25) is 10.0 Å². The maximum absolute atomic E-state index is 12.6. The van der Waals surface area contributed by atoms with Crippen molar-refractivity contribution in [3.05, 3.63) is 70.2 Å². The Morgan fingerprint density at radius 1 is 1.17 bits per heavy atom. The van der Waals surface area contributed by atoms with Gasteiger partial charge in [-0.1, -0.05) is 54.9 Å². The molecule has 6 heteroatoms. The lowest BCUT2D eigenvalue weighted by Crippen LogP contribution is -2.41. The van der Waals surface area contributed by atoms with E-state index in [4.69, 9.17) is 11.6 Å². The van der Waals surface area contributed by atoms with Crippen LogP contribution in [-0.2, 0) is 16.6 Å². The van der Waals surface area contributed by atoms with Crippen LogP contribution in [0.15, 0.2) is 48.5 Å². The number of benzene rings is 2. The van der Waals surface area contributed by atoms with Crippen molar-refractivity contribution in [2.45, 2.75) is 31.8 Å². The molecule has 4 nitrogen and oxygen atoms in total. The number of aryl methyl sites for hydroxylation is 1. The second-order valence-corrected chi connectivity index (χ2v) is 8.55. The van der Waals surface area contributed by atoms with Crippen LogP contribution >= 0.6 is 11.6 Å². The maximum atomic E-state index is 12.6. The minimum absolute atomic E-state index is 0.113. The number of hydrogen-bond donors (Lipinski definition) is 2. The van der Waals surface area contributed by atoms with Gasteiger partial charge in [0, 0.05) is 17.5 Å². The highest BCUT2D eigenvalue weighted by Crippen LogP contribution is 2.37. The molecule has 0 amide bonds. The van der Waals surface area contributed by atoms with Crippen LogP contribution in [-0.4, -0.2) is 14.6 Å². The summed E-state index contributed by atoms with van der Waals surface area (Å²) >= 11 is 6.03. The SMILES string of the molecule is Cc1ccccc1CNC1NS(=O)(=O)C(c2cccc(Cl)c2)C1C. The molecule has 128 valence electrons. The second-order valence-electron chi connectivity index (χ2n) is 6.28. The van der Waals surface area contributed by atoms with E-state index >= 15 is 0 Å². The first-order chi connectivity index (χ1) is 11.4. The minimum Gasteiger partial charge on any atom is -0.297 e. The molecule has 1 fully saturated rings. The van der Waals surface area contributed by atoms with E-state index in [1.807, 2.05) is 44.2 Å². The number of hydrogen-bond acceptors (Lipinski definition) is 3. The van der Waals surface area contributed by atoms with E-state index in [9.17, 15) is 8.42 Å². The van der Waals surface area contributed by atoms with E-state index in [0.29, 0.717) is 11.6 Å². The Labute approximate surface area is 148 Å². The van der Waals surface area contributed by atoms with E-state index in [0.717, 1.165) is 11.1 Å². The van der Waals surface area contributed by atoms with Gasteiger partial charge in [-0.25, -0.2) is 8.42 Å². The fourth-order valence-electron chi connectivity index (χ4n) is 3.24. The van der Waals surface area contributed by atoms with Gasteiger partial charge in [0.05, 0.1) is 6.17 Å². The molecule has 0 bridgehead atoms. The third kappa shape index (κ3) is 3.49. The molecule has 1 aliphatic heterocycles. The average Bonchev–Trinajstić information content (AvgIpc) is 2.75. The van der Waals surface area contributed by atoms with E-state index in [2.05, 4.69) is 10.0 Å². The molecule has 24 heavy (non-hydrogen) atoms. The molecule has 1 saturated heterocycles. The molecule has 0 radical (unpaired) electrons. The van der Waals surface area contributed by atoms with E-state index < -0.39 is 15.3 Å². The van der Waals surface area contributed by atoms with Gasteiger partial charge >= 0.3 is 0 Å². The predicted molar refractivity (Wildman–Crippen MR) is 97.2 cm³/mol. The molecule has 3 rings (SSSR count). The molecular weight excluding hydrogens is 344 g/mol. The zero-order valence-corrected chi connectivity index (χ0v) is 15.2. The standard InChI is InChI=1S/C18H21ClN2O2S/c1-12-6-3-4-7-15(12)11-20-18-13(2)17(24(22,23)21-18)14-8-5-9-16(19)10-14/h3-10,13,17-18,20-21H,11H2,1-2H3. The third-order valence-electron chi connectivity index (χ3n) is 4.58. The molecule has 0 spiro atoms. The first-order valence-electron chi connectivity index (χ1n) is 7.93. The molecule has 0 aliphatic carbocycles. The highest BCUT2D eigenvalue weighted by Gasteiger charge is 2.45. The van der Waals surface area contributed by atoms with Crippen LogP contribution in [0, 0.1) is 12.8 Å². The summed E-state index contributed by atoms with van der Waals surface area (Å²) in [6, 6.07) is 15.2. The van der Waals surface area contributed by atoms with Crippen molar-refractivity contribution >= 4 is 21.6 Å². The average molecular weight is 365 g/mol. The minimum atomic E-state index is -3.44. The van der Waals surface area contributed by atoms with Crippen LogP contribution in [0.1, 0.15) is 28.9 Å². The van der Waals surface area contributed by atoms with E-state index in [1.165, 1.54) is 5.56 Å². The van der Waals surface area contributed by atoms with Gasteiger partial charge in [-0.2, -0.15) is 4.72 Å². The Hall–Kier alpha value is -1.40. The summed E-state index contributed by atoms with van der Waals surface area (Å²) in [4.78, 5) is 0. The van der Waals surface area contributed by atoms with Gasteiger partial charge in [0.25, 0.3) is 0 Å². The third-order valence-corrected chi connectivity index (χ3v) is 6.77. The summed E-state index contributed by atoms with van der Waals surface area (Å²) in [6.45, 7) is 4.61. The highest BCUT2D eigenvalue weighted by molar-refractivity contribution is 7.90. The Morgan fingerprint density at radius 2 is 1.92 bits per heavy atom. The molecule has 2 aromatic carbocycles. The summed E-state index contributed by atoms with van der Waals surface area (Å²) in [5.41, 5.74) is 3.07. The van der Waals surface area contributed by atoms with Crippen molar-refractivity contribution in [3.63, 3.8) is 0 Å². The number of rotatable bonds is 4. The van der Waals surface area contributed by atoms with Crippen molar-refractivity contribution in [1.82, 2.24) is 10.0 Å². The van der Waals surface area contributed by atoms with Gasteiger partial charge < -0.3 is 0 Å². The smallest absolute Gasteiger partial charge is 0.220 e. The van der Waals surface area contributed by atoms with Crippen LogP contribution in [0.3, 0.4) is 0 Å². The molecule has 1 heterocycles. The van der Waals surface area contributed by atoms with Crippen LogP contribution in [0.2, 0.25) is 5.02 Å². The van der Waals surface area contributed by atoms with Gasteiger partial charge in [-0.3, -0.25) is 5.32 Å². The summed E-state index contributed by atoms with van der Waals surface area (Å²) in [7, 11) is -3.44. The lowest BCUT2D eigenvalue weighted by molar-refractivity contribution is 0.381. The number of halogens is 1. The number of sulfonamides is 1. The largest absolute Gasteiger partial charge is 0.297 e. The van der Waals surface area contributed by atoms with Gasteiger partial charge in [-0.15, -0.1) is 0 Å². The summed E-state index contributed by atoms with van der Waals surface area (Å²) in [5.74, 6) is -0.113. The van der Waals surface area contributed by atoms with Crippen LogP contribution in [0.25, 0.3) is 0 Å². The second kappa shape index (κ2) is 6.84. The van der Waals surface area contributed by atoms with Gasteiger partial charge in [0.15, 0.2) is 0 Å². The zero-order valence-electron chi connectivity index (χ0n) is 13.7. The van der Waals surface area contributed by atoms with Crippen LogP contribution in [0.5, 0.6) is 0 Å². The topological polar surface area (TPSA) is 58.2 Å². The lowest BCUT2D eigenvalue weighted by atomic mass is 9.97. The first-order valence-corrected chi connectivity index (χ1v) is 9.85. The normalized spacial score (nSPS) is 25.7. The van der Waals surface area contributed by atoms with Crippen molar-refractivity contribution < 1.29 is 8.42 Å². The molecule has 2 N–H and O–H groups in total. The Bertz CT molecular complexity index is 838. The van der Waals surface area contributed by atoms with Crippen LogP contribution < -0.4 is 10.0 Å². The van der Waals surface area contributed by atoms with Gasteiger partial charge in [0.1, 0.15) is 5.25 Å². The van der Waals surface area contributed by atoms with Crippen molar-refractivity contribution in [3.8, 4) is 0 Å². The van der Waals surface area contributed by atoms with E-state index in [-0.39, 0.29) is 12.1 Å². The molecular formula is C18H21ClN2O2S. The Morgan fingerprint density at radius 3 is 2.62 bits per heavy atom. The molecule has 3 atom stereocenters. The fraction of sp³-hybridized carbons (Fsp3) is 0.333. The van der Waals surface area contributed by atoms with E-state index in [1.54, 1.807) is 18.2 Å². The summed E-state index contributed by atoms with van der Waals surface area (Å²) in [6.07, 6.45) is -0.307. The fourth-order valence-corrected chi connectivity index (χ4v) is 5.46. The van der Waals surface area contributed by atoms with Crippen molar-refractivity contribution in [1.29, 1.82) is 0 Å². The van der Waals surface area contributed by atoms with Crippen LogP contribution in [0.4, 0.5) is 0 Å². The molecule has 3 unspecified atom stereocenters. The first kappa shape index (κ1) is 17.4. The van der Waals surface area contributed by atoms with Gasteiger partial charge in [-0.05, 0) is 35.7 Å². The maximum Gasteiger partial charge on any atom is 0.220 e. The Kier molecular flexibility index (Phi) is 4.97. The van der Waals surface area contributed by atoms with Crippen molar-refractivity contribution in [2.75, 3.05) is 0 Å². The molecule has 2 aromatic rings.